The van der Waals surface area contributed by atoms with Gasteiger partial charge in [-0.15, -0.1) is 0 Å². The van der Waals surface area contributed by atoms with Gasteiger partial charge in [-0.3, -0.25) is 0 Å². The molecule has 0 radical (unpaired) electrons. The number of hydrogen-bond acceptors (Lipinski definition) is 6. The maximum Gasteiger partial charge on any atom is 0.315 e. The molecule has 0 fully saturated rings. The third-order valence-corrected chi connectivity index (χ3v) is 3.88. The molecule has 8 nitrogen and oxygen atoms in total. The summed E-state index contributed by atoms with van der Waals surface area (Å²) in [7, 11) is 6.29. The monoisotopic (exact) mass is 390 g/mol. The van der Waals surface area contributed by atoms with Crippen LogP contribution in [0.5, 0.6) is 28.7 Å². The number of hydrogen-bond donors (Lipinski definition) is 2. The lowest BCUT2D eigenvalue weighted by atomic mass is 10.2. The van der Waals surface area contributed by atoms with Crippen LogP contribution < -0.4 is 34.3 Å². The lowest BCUT2D eigenvalue weighted by molar-refractivity contribution is 0.236. The number of nitrogens with one attached hydrogen (secondary N) is 2. The minimum atomic E-state index is -0.290. The van der Waals surface area contributed by atoms with Crippen molar-refractivity contribution in [2.24, 2.45) is 0 Å². The van der Waals surface area contributed by atoms with E-state index in [1.807, 2.05) is 12.1 Å². The summed E-state index contributed by atoms with van der Waals surface area (Å²) in [5.74, 6) is 3.13. The molecule has 0 atom stereocenters. The molecule has 0 aliphatic rings. The van der Waals surface area contributed by atoms with E-state index in [4.69, 9.17) is 23.7 Å². The van der Waals surface area contributed by atoms with Gasteiger partial charge in [-0.25, -0.2) is 4.79 Å². The number of ether oxygens (including phenoxy) is 5. The summed E-state index contributed by atoms with van der Waals surface area (Å²) in [5.41, 5.74) is 0.896. The van der Waals surface area contributed by atoms with Crippen molar-refractivity contribution in [1.82, 2.24) is 10.6 Å². The molecule has 8 heteroatoms. The lowest BCUT2D eigenvalue weighted by Crippen LogP contribution is -2.37. The minimum absolute atomic E-state index is 0.290. The van der Waals surface area contributed by atoms with Gasteiger partial charge >= 0.3 is 6.03 Å². The van der Waals surface area contributed by atoms with Gasteiger partial charge in [0.1, 0.15) is 23.9 Å². The summed E-state index contributed by atoms with van der Waals surface area (Å²) < 4.78 is 26.5. The highest BCUT2D eigenvalue weighted by Gasteiger charge is 2.07. The topological polar surface area (TPSA) is 87.3 Å². The van der Waals surface area contributed by atoms with E-state index in [-0.39, 0.29) is 6.03 Å². The second kappa shape index (κ2) is 10.8. The van der Waals surface area contributed by atoms with Gasteiger partial charge in [-0.1, -0.05) is 6.07 Å². The van der Waals surface area contributed by atoms with Crippen molar-refractivity contribution >= 4 is 6.03 Å². The molecule has 0 aliphatic carbocycles. The molecule has 0 unspecified atom stereocenters. The lowest BCUT2D eigenvalue weighted by Gasteiger charge is -2.12. The zero-order chi connectivity index (χ0) is 20.4. The van der Waals surface area contributed by atoms with Crippen LogP contribution in [0.3, 0.4) is 0 Å². The Labute approximate surface area is 164 Å². The van der Waals surface area contributed by atoms with Gasteiger partial charge in [0.25, 0.3) is 0 Å². The molecule has 2 aromatic rings. The van der Waals surface area contributed by atoms with Crippen LogP contribution >= 0.6 is 0 Å². The fraction of sp³-hybridized carbons (Fsp3) is 0.350. The highest BCUT2D eigenvalue weighted by molar-refractivity contribution is 5.73. The molecule has 2 amide bonds. The first kappa shape index (κ1) is 21.0. The molecular weight excluding hydrogens is 364 g/mol. The number of urea groups is 1. The third kappa shape index (κ3) is 6.15. The Bertz CT molecular complexity index is 759. The zero-order valence-electron chi connectivity index (χ0n) is 16.5. The average Bonchev–Trinajstić information content (AvgIpc) is 2.74. The summed E-state index contributed by atoms with van der Waals surface area (Å²) in [4.78, 5) is 11.9. The SMILES string of the molecule is COc1cc(OC)cc(OCCNC(=O)NCc2ccc(OC)c(OC)c2)c1. The van der Waals surface area contributed by atoms with E-state index in [1.165, 1.54) is 0 Å². The predicted molar refractivity (Wildman–Crippen MR) is 105 cm³/mol. The molecule has 152 valence electrons. The standard InChI is InChI=1S/C20H26N2O6/c1-24-15-10-16(25-2)12-17(11-15)28-8-7-21-20(23)22-13-14-5-6-18(26-3)19(9-14)27-4/h5-6,9-12H,7-8,13H2,1-4H3,(H2,21,22,23). The fourth-order valence-corrected chi connectivity index (χ4v) is 2.43. The van der Waals surface area contributed by atoms with Crippen LogP contribution in [0.1, 0.15) is 5.56 Å². The fourth-order valence-electron chi connectivity index (χ4n) is 2.43. The number of rotatable bonds is 10. The highest BCUT2D eigenvalue weighted by Crippen LogP contribution is 2.28. The van der Waals surface area contributed by atoms with Gasteiger partial charge in [0, 0.05) is 24.7 Å². The van der Waals surface area contributed by atoms with E-state index in [2.05, 4.69) is 10.6 Å². The van der Waals surface area contributed by atoms with Crippen molar-refractivity contribution in [3.63, 3.8) is 0 Å². The van der Waals surface area contributed by atoms with Gasteiger partial charge < -0.3 is 34.3 Å². The van der Waals surface area contributed by atoms with Crippen LogP contribution in [-0.2, 0) is 6.54 Å². The Morgan fingerprint density at radius 2 is 1.43 bits per heavy atom. The van der Waals surface area contributed by atoms with Crippen LogP contribution in [0.2, 0.25) is 0 Å². The van der Waals surface area contributed by atoms with Crippen LogP contribution in [0.15, 0.2) is 36.4 Å². The van der Waals surface area contributed by atoms with Gasteiger partial charge in [0.2, 0.25) is 0 Å². The molecule has 0 bridgehead atoms. The Morgan fingerprint density at radius 3 is 2.04 bits per heavy atom. The van der Waals surface area contributed by atoms with Crippen molar-refractivity contribution in [2.45, 2.75) is 6.54 Å². The van der Waals surface area contributed by atoms with E-state index in [0.29, 0.717) is 48.4 Å². The maximum absolute atomic E-state index is 11.9. The first-order chi connectivity index (χ1) is 13.6. The normalized spacial score (nSPS) is 10.0. The molecule has 0 spiro atoms. The van der Waals surface area contributed by atoms with E-state index in [9.17, 15) is 4.79 Å². The Morgan fingerprint density at radius 1 is 0.786 bits per heavy atom. The van der Waals surface area contributed by atoms with E-state index in [0.717, 1.165) is 5.56 Å². The van der Waals surface area contributed by atoms with E-state index < -0.39 is 0 Å². The molecule has 28 heavy (non-hydrogen) atoms. The van der Waals surface area contributed by atoms with Gasteiger partial charge in [0.15, 0.2) is 11.5 Å². The number of methoxy groups -OCH3 is 4. The highest BCUT2D eigenvalue weighted by atomic mass is 16.5. The Kier molecular flexibility index (Phi) is 8.08. The summed E-state index contributed by atoms with van der Waals surface area (Å²) in [6.45, 7) is 1.01. The van der Waals surface area contributed by atoms with Gasteiger partial charge in [-0.05, 0) is 17.7 Å². The number of carbonyl (C=O) groups is 1. The van der Waals surface area contributed by atoms with E-state index >= 15 is 0 Å². The molecule has 0 saturated heterocycles. The van der Waals surface area contributed by atoms with Crippen molar-refractivity contribution in [2.75, 3.05) is 41.6 Å². The van der Waals surface area contributed by atoms with Crippen molar-refractivity contribution in [3.05, 3.63) is 42.0 Å². The first-order valence-electron chi connectivity index (χ1n) is 8.68. The van der Waals surface area contributed by atoms with Gasteiger partial charge in [-0.2, -0.15) is 0 Å². The summed E-state index contributed by atoms with van der Waals surface area (Å²) >= 11 is 0. The predicted octanol–water partition coefficient (Wildman–Crippen LogP) is 2.60. The number of carbonyl (C=O) groups excluding carboxylic acids is 1. The molecule has 0 saturated carbocycles. The number of benzene rings is 2. The summed E-state index contributed by atoms with van der Waals surface area (Å²) in [5, 5.41) is 5.52. The Hall–Kier alpha value is -3.29. The largest absolute Gasteiger partial charge is 0.496 e. The molecule has 2 rings (SSSR count). The molecule has 0 heterocycles. The smallest absolute Gasteiger partial charge is 0.315 e. The number of amides is 2. The van der Waals surface area contributed by atoms with E-state index in [1.54, 1.807) is 52.7 Å². The van der Waals surface area contributed by atoms with Crippen LogP contribution in [0, 0.1) is 0 Å². The molecule has 0 aliphatic heterocycles. The maximum atomic E-state index is 11.9. The quantitative estimate of drug-likeness (QED) is 0.607. The minimum Gasteiger partial charge on any atom is -0.496 e. The molecule has 2 aromatic carbocycles. The van der Waals surface area contributed by atoms with Gasteiger partial charge in [0.05, 0.1) is 35.0 Å². The first-order valence-corrected chi connectivity index (χ1v) is 8.68. The van der Waals surface area contributed by atoms with Crippen LogP contribution in [0.4, 0.5) is 4.79 Å². The van der Waals surface area contributed by atoms with Crippen LogP contribution in [0.25, 0.3) is 0 Å². The molecular formula is C20H26N2O6. The molecule has 2 N–H and O–H groups in total. The average molecular weight is 390 g/mol. The third-order valence-electron chi connectivity index (χ3n) is 3.88. The summed E-state index contributed by atoms with van der Waals surface area (Å²) in [6, 6.07) is 10.4. The van der Waals surface area contributed by atoms with Crippen molar-refractivity contribution in [1.29, 1.82) is 0 Å². The van der Waals surface area contributed by atoms with Crippen molar-refractivity contribution in [3.8, 4) is 28.7 Å². The van der Waals surface area contributed by atoms with Crippen LogP contribution in [-0.4, -0.2) is 47.6 Å². The second-order valence-corrected chi connectivity index (χ2v) is 5.70. The zero-order valence-corrected chi connectivity index (χ0v) is 16.5. The summed E-state index contributed by atoms with van der Waals surface area (Å²) in [6.07, 6.45) is 0. The second-order valence-electron chi connectivity index (χ2n) is 5.70. The molecule has 0 aromatic heterocycles. The van der Waals surface area contributed by atoms with Crippen molar-refractivity contribution < 1.29 is 28.5 Å². The Balaban J connectivity index is 1.74.